The van der Waals surface area contributed by atoms with E-state index in [0.717, 1.165) is 5.69 Å². The molecule has 5 heteroatoms. The smallest absolute Gasteiger partial charge is 0.239 e. The first-order chi connectivity index (χ1) is 7.90. The van der Waals surface area contributed by atoms with Crippen molar-refractivity contribution in [2.75, 3.05) is 18.0 Å². The van der Waals surface area contributed by atoms with E-state index < -0.39 is 5.82 Å². The van der Waals surface area contributed by atoms with Crippen molar-refractivity contribution in [3.8, 4) is 0 Å². The van der Waals surface area contributed by atoms with E-state index in [2.05, 4.69) is 5.32 Å². The molecule has 1 aromatic carbocycles. The fourth-order valence-electron chi connectivity index (χ4n) is 1.92. The van der Waals surface area contributed by atoms with Crippen molar-refractivity contribution >= 4 is 23.2 Å². The van der Waals surface area contributed by atoms with E-state index in [1.807, 2.05) is 18.7 Å². The Bertz CT molecular complexity index is 462. The SMILES string of the molecule is CC1(C)CNC(=O)CN1c1ccc(F)c(Cl)c1. The zero-order valence-corrected chi connectivity index (χ0v) is 10.5. The number of rotatable bonds is 1. The highest BCUT2D eigenvalue weighted by Crippen LogP contribution is 2.28. The second-order valence-corrected chi connectivity index (χ2v) is 5.18. The van der Waals surface area contributed by atoms with Gasteiger partial charge in [0, 0.05) is 12.2 Å². The monoisotopic (exact) mass is 256 g/mol. The van der Waals surface area contributed by atoms with Gasteiger partial charge in [0.15, 0.2) is 0 Å². The van der Waals surface area contributed by atoms with Gasteiger partial charge in [-0.15, -0.1) is 0 Å². The Kier molecular flexibility index (Phi) is 3.00. The number of nitrogens with one attached hydrogen (secondary N) is 1. The highest BCUT2D eigenvalue weighted by molar-refractivity contribution is 6.31. The maximum absolute atomic E-state index is 13.1. The number of carbonyl (C=O) groups excluding carboxylic acids is 1. The molecule has 0 bridgehead atoms. The molecule has 3 nitrogen and oxygen atoms in total. The molecule has 17 heavy (non-hydrogen) atoms. The van der Waals surface area contributed by atoms with Crippen LogP contribution in [0.3, 0.4) is 0 Å². The van der Waals surface area contributed by atoms with Gasteiger partial charge in [-0.25, -0.2) is 4.39 Å². The molecule has 1 fully saturated rings. The standard InChI is InChI=1S/C12H14ClFN2O/c1-12(2)7-15-11(17)6-16(12)8-3-4-10(14)9(13)5-8/h3-5H,6-7H2,1-2H3,(H,15,17). The van der Waals surface area contributed by atoms with E-state index in [9.17, 15) is 9.18 Å². The van der Waals surface area contributed by atoms with Crippen LogP contribution >= 0.6 is 11.6 Å². The Morgan fingerprint density at radius 3 is 2.82 bits per heavy atom. The Balaban J connectivity index is 2.36. The van der Waals surface area contributed by atoms with Crippen LogP contribution in [0.2, 0.25) is 5.02 Å². The van der Waals surface area contributed by atoms with Gasteiger partial charge in [-0.2, -0.15) is 0 Å². The molecule has 0 radical (unpaired) electrons. The van der Waals surface area contributed by atoms with Gasteiger partial charge in [-0.05, 0) is 32.0 Å². The van der Waals surface area contributed by atoms with Gasteiger partial charge in [-0.1, -0.05) is 11.6 Å². The fraction of sp³-hybridized carbons (Fsp3) is 0.417. The first-order valence-electron chi connectivity index (χ1n) is 5.39. The van der Waals surface area contributed by atoms with Gasteiger partial charge in [0.05, 0.1) is 17.1 Å². The second kappa shape index (κ2) is 4.18. The van der Waals surface area contributed by atoms with Crippen LogP contribution in [0.1, 0.15) is 13.8 Å². The first kappa shape index (κ1) is 12.2. The summed E-state index contributed by atoms with van der Waals surface area (Å²) in [4.78, 5) is 13.4. The lowest BCUT2D eigenvalue weighted by Gasteiger charge is -2.43. The van der Waals surface area contributed by atoms with Gasteiger partial charge >= 0.3 is 0 Å². The Hall–Kier alpha value is -1.29. The number of halogens is 2. The maximum Gasteiger partial charge on any atom is 0.239 e. The summed E-state index contributed by atoms with van der Waals surface area (Å²) < 4.78 is 13.1. The van der Waals surface area contributed by atoms with Crippen molar-refractivity contribution in [1.29, 1.82) is 0 Å². The van der Waals surface area contributed by atoms with E-state index >= 15 is 0 Å². The van der Waals surface area contributed by atoms with Crippen LogP contribution in [0.25, 0.3) is 0 Å². The van der Waals surface area contributed by atoms with Crippen LogP contribution in [0.15, 0.2) is 18.2 Å². The number of carbonyl (C=O) groups is 1. The van der Waals surface area contributed by atoms with E-state index in [1.54, 1.807) is 12.1 Å². The number of hydrogen-bond acceptors (Lipinski definition) is 2. The second-order valence-electron chi connectivity index (χ2n) is 4.77. The molecular formula is C12H14ClFN2O. The molecule has 1 aromatic rings. The third-order valence-electron chi connectivity index (χ3n) is 2.97. The molecule has 1 aliphatic heterocycles. The van der Waals surface area contributed by atoms with Gasteiger partial charge in [0.1, 0.15) is 5.82 Å². The van der Waals surface area contributed by atoms with Crippen molar-refractivity contribution in [3.63, 3.8) is 0 Å². The molecule has 0 saturated carbocycles. The molecular weight excluding hydrogens is 243 g/mol. The molecule has 1 N–H and O–H groups in total. The van der Waals surface area contributed by atoms with Crippen molar-refractivity contribution in [2.45, 2.75) is 19.4 Å². The highest BCUT2D eigenvalue weighted by atomic mass is 35.5. The average Bonchev–Trinajstić information content (AvgIpc) is 2.26. The van der Waals surface area contributed by atoms with Crippen molar-refractivity contribution < 1.29 is 9.18 Å². The largest absolute Gasteiger partial charge is 0.355 e. The van der Waals surface area contributed by atoms with Crippen LogP contribution in [-0.2, 0) is 4.79 Å². The lowest BCUT2D eigenvalue weighted by atomic mass is 9.99. The highest BCUT2D eigenvalue weighted by Gasteiger charge is 2.33. The van der Waals surface area contributed by atoms with E-state index in [-0.39, 0.29) is 23.0 Å². The molecule has 0 unspecified atom stereocenters. The Labute approximate surface area is 105 Å². The minimum atomic E-state index is -0.449. The van der Waals surface area contributed by atoms with Crippen molar-refractivity contribution in [3.05, 3.63) is 29.0 Å². The summed E-state index contributed by atoms with van der Waals surface area (Å²) in [5.41, 5.74) is 0.547. The van der Waals surface area contributed by atoms with Crippen LogP contribution in [0.5, 0.6) is 0 Å². The maximum atomic E-state index is 13.1. The summed E-state index contributed by atoms with van der Waals surface area (Å²) in [5.74, 6) is -0.487. The average molecular weight is 257 g/mol. The van der Waals surface area contributed by atoms with Crippen molar-refractivity contribution in [2.24, 2.45) is 0 Å². The van der Waals surface area contributed by atoms with E-state index in [0.29, 0.717) is 6.54 Å². The van der Waals surface area contributed by atoms with Gasteiger partial charge in [-0.3, -0.25) is 4.79 Å². The molecule has 0 spiro atoms. The quantitative estimate of drug-likeness (QED) is 0.836. The fourth-order valence-corrected chi connectivity index (χ4v) is 2.09. The third-order valence-corrected chi connectivity index (χ3v) is 3.26. The van der Waals surface area contributed by atoms with Gasteiger partial charge < -0.3 is 10.2 Å². The molecule has 1 aliphatic rings. The summed E-state index contributed by atoms with van der Waals surface area (Å²) in [6.07, 6.45) is 0. The summed E-state index contributed by atoms with van der Waals surface area (Å²) in [6, 6.07) is 4.51. The van der Waals surface area contributed by atoms with Gasteiger partial charge in [0.25, 0.3) is 0 Å². The number of piperazine rings is 1. The Morgan fingerprint density at radius 1 is 1.47 bits per heavy atom. The lowest BCUT2D eigenvalue weighted by Crippen LogP contribution is -2.60. The molecule has 0 atom stereocenters. The molecule has 92 valence electrons. The minimum absolute atomic E-state index is 0.0372. The zero-order chi connectivity index (χ0) is 12.6. The predicted octanol–water partition coefficient (Wildman–Crippen LogP) is 2.19. The van der Waals surface area contributed by atoms with E-state index in [1.165, 1.54) is 6.07 Å². The number of amides is 1. The third kappa shape index (κ3) is 2.36. The van der Waals surface area contributed by atoms with Crippen molar-refractivity contribution in [1.82, 2.24) is 5.32 Å². The topological polar surface area (TPSA) is 32.3 Å². The molecule has 1 saturated heterocycles. The summed E-state index contributed by atoms with van der Waals surface area (Å²) in [7, 11) is 0. The van der Waals surface area contributed by atoms with Crippen LogP contribution in [-0.4, -0.2) is 24.5 Å². The molecule has 0 aromatic heterocycles. The van der Waals surface area contributed by atoms with Crippen LogP contribution in [0.4, 0.5) is 10.1 Å². The van der Waals surface area contributed by atoms with Crippen LogP contribution < -0.4 is 10.2 Å². The Morgan fingerprint density at radius 2 is 2.18 bits per heavy atom. The first-order valence-corrected chi connectivity index (χ1v) is 5.77. The lowest BCUT2D eigenvalue weighted by molar-refractivity contribution is -0.121. The summed E-state index contributed by atoms with van der Waals surface area (Å²) in [5, 5.41) is 2.88. The molecule has 1 amide bonds. The number of hydrogen-bond donors (Lipinski definition) is 1. The minimum Gasteiger partial charge on any atom is -0.355 e. The van der Waals surface area contributed by atoms with E-state index in [4.69, 9.17) is 11.6 Å². The number of nitrogens with zero attached hydrogens (tertiary/aromatic N) is 1. The number of benzene rings is 1. The zero-order valence-electron chi connectivity index (χ0n) is 9.76. The van der Waals surface area contributed by atoms with Crippen LogP contribution in [0, 0.1) is 5.82 Å². The number of anilines is 1. The molecule has 2 rings (SSSR count). The molecule has 1 heterocycles. The molecule has 0 aliphatic carbocycles. The van der Waals surface area contributed by atoms with Gasteiger partial charge in [0.2, 0.25) is 5.91 Å². The summed E-state index contributed by atoms with van der Waals surface area (Å²) >= 11 is 5.76. The normalized spacial score (nSPS) is 19.1. The predicted molar refractivity (Wildman–Crippen MR) is 65.8 cm³/mol. The summed E-state index contributed by atoms with van der Waals surface area (Å²) in [6.45, 7) is 4.85.